The van der Waals surface area contributed by atoms with E-state index in [0.29, 0.717) is 11.3 Å². The summed E-state index contributed by atoms with van der Waals surface area (Å²) in [5.74, 6) is -1.10. The lowest BCUT2D eigenvalue weighted by Gasteiger charge is -2.47. The highest BCUT2D eigenvalue weighted by Crippen LogP contribution is 2.44. The molecule has 1 unspecified atom stereocenters. The van der Waals surface area contributed by atoms with Crippen LogP contribution in [0.15, 0.2) is 36.9 Å². The summed E-state index contributed by atoms with van der Waals surface area (Å²) in [7, 11) is 1.26. The van der Waals surface area contributed by atoms with Crippen LogP contribution in [0.25, 0.3) is 0 Å². The zero-order valence-electron chi connectivity index (χ0n) is 12.2. The maximum atomic E-state index is 12.8. The van der Waals surface area contributed by atoms with E-state index < -0.39 is 11.6 Å². The van der Waals surface area contributed by atoms with Crippen LogP contribution in [-0.4, -0.2) is 42.0 Å². The van der Waals surface area contributed by atoms with Crippen LogP contribution in [0, 0.1) is 0 Å². The first-order valence-corrected chi connectivity index (χ1v) is 7.01. The van der Waals surface area contributed by atoms with Crippen LogP contribution < -0.4 is 4.90 Å². The molecule has 1 aromatic carbocycles. The number of amides is 2. The molecule has 0 N–H and O–H groups in total. The quantitative estimate of drug-likeness (QED) is 0.624. The van der Waals surface area contributed by atoms with Gasteiger partial charge in [0, 0.05) is 19.4 Å². The van der Waals surface area contributed by atoms with E-state index in [1.807, 2.05) is 0 Å². The molecule has 1 atom stereocenters. The van der Waals surface area contributed by atoms with E-state index in [0.717, 1.165) is 0 Å². The van der Waals surface area contributed by atoms with E-state index in [1.54, 1.807) is 24.3 Å². The Bertz CT molecular complexity index is 684. The molecule has 1 aromatic rings. The lowest BCUT2D eigenvalue weighted by molar-refractivity contribution is -0.153. The number of carbonyl (C=O) groups excluding carboxylic acids is 3. The zero-order valence-corrected chi connectivity index (χ0v) is 12.2. The molecule has 0 bridgehead atoms. The van der Waals surface area contributed by atoms with Gasteiger partial charge in [0.25, 0.3) is 5.91 Å². The van der Waals surface area contributed by atoms with Crippen LogP contribution in [-0.2, 0) is 14.3 Å². The standard InChI is InChI=1S/C16H16N2O4/c1-3-10-17-14(20)11-6-4-5-7-12(11)18-13(19)8-9-16(17,18)15(21)22-2/h3-7H,1,8-10H2,2H3. The molecular weight excluding hydrogens is 284 g/mol. The normalized spacial score (nSPS) is 23.1. The summed E-state index contributed by atoms with van der Waals surface area (Å²) in [5, 5.41) is 0. The van der Waals surface area contributed by atoms with Crippen LogP contribution in [0.5, 0.6) is 0 Å². The number of nitrogens with zero attached hydrogens (tertiary/aromatic N) is 2. The Hall–Kier alpha value is -2.63. The Morgan fingerprint density at radius 1 is 1.41 bits per heavy atom. The monoisotopic (exact) mass is 300 g/mol. The summed E-state index contributed by atoms with van der Waals surface area (Å²) in [5.41, 5.74) is -0.550. The van der Waals surface area contributed by atoms with Gasteiger partial charge in [0.1, 0.15) is 0 Å². The Morgan fingerprint density at radius 3 is 2.82 bits per heavy atom. The molecule has 114 valence electrons. The van der Waals surface area contributed by atoms with Gasteiger partial charge < -0.3 is 9.64 Å². The molecule has 2 aliphatic rings. The minimum Gasteiger partial charge on any atom is -0.466 e. The molecule has 2 aliphatic heterocycles. The number of carbonyl (C=O) groups is 3. The van der Waals surface area contributed by atoms with E-state index in [2.05, 4.69) is 6.58 Å². The molecule has 0 spiro atoms. The summed E-state index contributed by atoms with van der Waals surface area (Å²) >= 11 is 0. The Kier molecular flexibility index (Phi) is 3.24. The van der Waals surface area contributed by atoms with Gasteiger partial charge in [0.2, 0.25) is 11.6 Å². The summed E-state index contributed by atoms with van der Waals surface area (Å²) in [4.78, 5) is 40.5. The number of fused-ring (bicyclic) bond motifs is 3. The molecule has 1 fully saturated rings. The van der Waals surface area contributed by atoms with Crippen LogP contribution in [0.4, 0.5) is 5.69 Å². The van der Waals surface area contributed by atoms with Gasteiger partial charge in [-0.3, -0.25) is 14.5 Å². The summed E-state index contributed by atoms with van der Waals surface area (Å²) in [6.45, 7) is 3.80. The molecule has 0 radical (unpaired) electrons. The highest BCUT2D eigenvalue weighted by Gasteiger charge is 2.61. The molecule has 0 saturated carbocycles. The fraction of sp³-hybridized carbons (Fsp3) is 0.312. The fourth-order valence-electron chi connectivity index (χ4n) is 3.29. The van der Waals surface area contributed by atoms with Gasteiger partial charge in [-0.25, -0.2) is 4.79 Å². The molecule has 0 aromatic heterocycles. The van der Waals surface area contributed by atoms with Gasteiger partial charge in [-0.1, -0.05) is 18.2 Å². The number of benzene rings is 1. The maximum Gasteiger partial charge on any atom is 0.353 e. The summed E-state index contributed by atoms with van der Waals surface area (Å²) < 4.78 is 4.92. The lowest BCUT2D eigenvalue weighted by Crippen LogP contribution is -2.68. The second kappa shape index (κ2) is 4.98. The smallest absolute Gasteiger partial charge is 0.353 e. The van der Waals surface area contributed by atoms with Gasteiger partial charge in [-0.05, 0) is 12.1 Å². The number of esters is 1. The Balaban J connectivity index is 2.28. The van der Waals surface area contributed by atoms with Crippen molar-refractivity contribution in [3.05, 3.63) is 42.5 Å². The van der Waals surface area contributed by atoms with Crippen LogP contribution in [0.1, 0.15) is 23.2 Å². The molecule has 6 heteroatoms. The average Bonchev–Trinajstić information content (AvgIpc) is 2.89. The second-order valence-corrected chi connectivity index (χ2v) is 5.26. The maximum absolute atomic E-state index is 12.8. The van der Waals surface area contributed by atoms with Crippen molar-refractivity contribution in [3.8, 4) is 0 Å². The van der Waals surface area contributed by atoms with Gasteiger partial charge in [0.05, 0.1) is 18.4 Å². The van der Waals surface area contributed by atoms with Crippen molar-refractivity contribution in [3.63, 3.8) is 0 Å². The largest absolute Gasteiger partial charge is 0.466 e. The minimum atomic E-state index is -1.41. The SMILES string of the molecule is C=CCN1C(=O)c2ccccc2N2C(=O)CCC12C(=O)OC. The highest BCUT2D eigenvalue weighted by molar-refractivity contribution is 6.15. The van der Waals surface area contributed by atoms with Crippen LogP contribution >= 0.6 is 0 Å². The van der Waals surface area contributed by atoms with Gasteiger partial charge in [-0.2, -0.15) is 0 Å². The third-order valence-electron chi connectivity index (χ3n) is 4.20. The van der Waals surface area contributed by atoms with Crippen molar-refractivity contribution in [1.82, 2.24) is 4.90 Å². The predicted octanol–water partition coefficient (Wildman–Crippen LogP) is 1.32. The van der Waals surface area contributed by atoms with Crippen molar-refractivity contribution in [2.24, 2.45) is 0 Å². The molecule has 2 amide bonds. The number of hydrogen-bond acceptors (Lipinski definition) is 4. The molecular formula is C16H16N2O4. The van der Waals surface area contributed by atoms with Crippen molar-refractivity contribution < 1.29 is 19.1 Å². The number of ether oxygens (including phenoxy) is 1. The molecule has 0 aliphatic carbocycles. The van der Waals surface area contributed by atoms with Crippen molar-refractivity contribution in [2.75, 3.05) is 18.6 Å². The highest BCUT2D eigenvalue weighted by atomic mass is 16.5. The molecule has 22 heavy (non-hydrogen) atoms. The average molecular weight is 300 g/mol. The number of rotatable bonds is 3. The Morgan fingerprint density at radius 2 is 2.14 bits per heavy atom. The first-order valence-electron chi connectivity index (χ1n) is 7.01. The predicted molar refractivity (Wildman–Crippen MR) is 79.1 cm³/mol. The van der Waals surface area contributed by atoms with Crippen LogP contribution in [0.3, 0.4) is 0 Å². The topological polar surface area (TPSA) is 66.9 Å². The van der Waals surface area contributed by atoms with E-state index in [9.17, 15) is 14.4 Å². The fourth-order valence-corrected chi connectivity index (χ4v) is 3.29. The number of anilines is 1. The number of hydrogen-bond donors (Lipinski definition) is 0. The van der Waals surface area contributed by atoms with E-state index in [4.69, 9.17) is 4.74 Å². The van der Waals surface area contributed by atoms with Crippen LogP contribution in [0.2, 0.25) is 0 Å². The molecule has 6 nitrogen and oxygen atoms in total. The van der Waals surface area contributed by atoms with Crippen molar-refractivity contribution >= 4 is 23.5 Å². The van der Waals surface area contributed by atoms with Gasteiger partial charge in [-0.15, -0.1) is 6.58 Å². The lowest BCUT2D eigenvalue weighted by atomic mass is 9.96. The summed E-state index contributed by atoms with van der Waals surface area (Å²) in [6, 6.07) is 6.80. The van der Waals surface area contributed by atoms with Crippen molar-refractivity contribution in [1.29, 1.82) is 0 Å². The van der Waals surface area contributed by atoms with Gasteiger partial charge in [0.15, 0.2) is 0 Å². The Labute approximate surface area is 127 Å². The second-order valence-electron chi connectivity index (χ2n) is 5.26. The van der Waals surface area contributed by atoms with E-state index in [1.165, 1.54) is 23.0 Å². The molecule has 2 heterocycles. The minimum absolute atomic E-state index is 0.159. The first-order chi connectivity index (χ1) is 10.6. The third-order valence-corrected chi connectivity index (χ3v) is 4.20. The van der Waals surface area contributed by atoms with E-state index >= 15 is 0 Å². The number of methoxy groups -OCH3 is 1. The third kappa shape index (κ3) is 1.63. The molecule has 3 rings (SSSR count). The first kappa shape index (κ1) is 14.3. The number of para-hydroxylation sites is 1. The zero-order chi connectivity index (χ0) is 15.9. The van der Waals surface area contributed by atoms with Crippen molar-refractivity contribution in [2.45, 2.75) is 18.5 Å². The van der Waals surface area contributed by atoms with Gasteiger partial charge >= 0.3 is 5.97 Å². The summed E-state index contributed by atoms with van der Waals surface area (Å²) in [6.07, 6.45) is 1.94. The molecule has 1 saturated heterocycles. The van der Waals surface area contributed by atoms with E-state index in [-0.39, 0.29) is 31.2 Å².